The van der Waals surface area contributed by atoms with Gasteiger partial charge in [0.05, 0.1) is 11.2 Å². The second-order valence-electron chi connectivity index (χ2n) is 4.17. The molecule has 0 atom stereocenters. The van der Waals surface area contributed by atoms with Crippen molar-refractivity contribution in [1.29, 1.82) is 0 Å². The van der Waals surface area contributed by atoms with Crippen LogP contribution in [0.3, 0.4) is 0 Å². The molecular formula is C15H12N2O. The van der Waals surface area contributed by atoms with Crippen molar-refractivity contribution in [2.75, 3.05) is 5.73 Å². The van der Waals surface area contributed by atoms with Crippen molar-refractivity contribution >= 4 is 16.6 Å². The molecule has 0 fully saturated rings. The first-order valence-corrected chi connectivity index (χ1v) is 5.69. The molecule has 3 N–H and O–H groups in total. The van der Waals surface area contributed by atoms with Crippen LogP contribution in [0.1, 0.15) is 0 Å². The first-order chi connectivity index (χ1) is 8.74. The predicted molar refractivity (Wildman–Crippen MR) is 73.3 cm³/mol. The van der Waals surface area contributed by atoms with Crippen molar-refractivity contribution in [3.8, 4) is 17.0 Å². The number of nitrogen functional groups attached to an aromatic ring is 1. The molecular weight excluding hydrogens is 224 g/mol. The van der Waals surface area contributed by atoms with Gasteiger partial charge in [0.1, 0.15) is 5.75 Å². The largest absolute Gasteiger partial charge is 0.507 e. The summed E-state index contributed by atoms with van der Waals surface area (Å²) in [5.74, 6) is 0.200. The highest BCUT2D eigenvalue weighted by molar-refractivity contribution is 5.89. The highest BCUT2D eigenvalue weighted by atomic mass is 16.3. The van der Waals surface area contributed by atoms with Gasteiger partial charge in [0, 0.05) is 22.7 Å². The van der Waals surface area contributed by atoms with E-state index in [1.165, 1.54) is 0 Å². The molecule has 88 valence electrons. The lowest BCUT2D eigenvalue weighted by atomic mass is 10.1. The zero-order chi connectivity index (χ0) is 12.5. The second-order valence-corrected chi connectivity index (χ2v) is 4.17. The molecule has 0 spiro atoms. The fourth-order valence-corrected chi connectivity index (χ4v) is 1.98. The summed E-state index contributed by atoms with van der Waals surface area (Å²) < 4.78 is 0. The number of benzene rings is 2. The van der Waals surface area contributed by atoms with Crippen molar-refractivity contribution in [3.05, 3.63) is 54.6 Å². The molecule has 1 heterocycles. The molecule has 0 aliphatic rings. The van der Waals surface area contributed by atoms with E-state index in [-0.39, 0.29) is 5.75 Å². The van der Waals surface area contributed by atoms with Crippen molar-refractivity contribution in [2.24, 2.45) is 0 Å². The van der Waals surface area contributed by atoms with Crippen LogP contribution in [0.15, 0.2) is 54.6 Å². The quantitative estimate of drug-likeness (QED) is 0.638. The Hall–Kier alpha value is -2.55. The van der Waals surface area contributed by atoms with Gasteiger partial charge in [0.2, 0.25) is 0 Å². The molecule has 0 amide bonds. The number of rotatable bonds is 1. The van der Waals surface area contributed by atoms with Crippen LogP contribution in [-0.2, 0) is 0 Å². The highest BCUT2D eigenvalue weighted by Gasteiger charge is 2.06. The standard InChI is InChI=1S/C15H12N2O/c16-11-6-7-13-12(8-11)15(18)9-14(17-13)10-4-2-1-3-5-10/h1-9H,16H2,(H,17,18). The number of anilines is 1. The third kappa shape index (κ3) is 1.76. The number of nitrogens with two attached hydrogens (primary N) is 1. The van der Waals surface area contributed by atoms with Crippen LogP contribution < -0.4 is 5.73 Å². The molecule has 3 rings (SSSR count). The minimum Gasteiger partial charge on any atom is -0.507 e. The van der Waals surface area contributed by atoms with E-state index in [2.05, 4.69) is 4.98 Å². The molecule has 18 heavy (non-hydrogen) atoms. The SMILES string of the molecule is Nc1ccc2nc(-c3ccccc3)cc(O)c2c1. The zero-order valence-corrected chi connectivity index (χ0v) is 9.67. The maximum atomic E-state index is 10.0. The summed E-state index contributed by atoms with van der Waals surface area (Å²) in [6.45, 7) is 0. The van der Waals surface area contributed by atoms with Gasteiger partial charge in [-0.25, -0.2) is 4.98 Å². The Morgan fingerprint density at radius 3 is 2.50 bits per heavy atom. The third-order valence-electron chi connectivity index (χ3n) is 2.88. The fraction of sp³-hybridized carbons (Fsp3) is 0. The zero-order valence-electron chi connectivity index (χ0n) is 9.67. The second kappa shape index (κ2) is 4.04. The molecule has 3 aromatic rings. The number of hydrogen-bond donors (Lipinski definition) is 2. The summed E-state index contributed by atoms with van der Waals surface area (Å²) in [6, 6.07) is 16.8. The molecule has 1 aromatic heterocycles. The third-order valence-corrected chi connectivity index (χ3v) is 2.88. The van der Waals surface area contributed by atoms with Crippen molar-refractivity contribution < 1.29 is 5.11 Å². The number of hydrogen-bond acceptors (Lipinski definition) is 3. The Bertz CT molecular complexity index is 708. The van der Waals surface area contributed by atoms with Crippen LogP contribution in [0.25, 0.3) is 22.2 Å². The maximum absolute atomic E-state index is 10.0. The first-order valence-electron chi connectivity index (χ1n) is 5.69. The van der Waals surface area contributed by atoms with E-state index in [4.69, 9.17) is 5.73 Å². The van der Waals surface area contributed by atoms with Gasteiger partial charge >= 0.3 is 0 Å². The lowest BCUT2D eigenvalue weighted by Crippen LogP contribution is -1.89. The Labute approximate surface area is 105 Å². The van der Waals surface area contributed by atoms with Crippen LogP contribution in [0.5, 0.6) is 5.75 Å². The summed E-state index contributed by atoms with van der Waals surface area (Å²) in [7, 11) is 0. The fourth-order valence-electron chi connectivity index (χ4n) is 1.98. The molecule has 0 unspecified atom stereocenters. The van der Waals surface area contributed by atoms with Gasteiger partial charge in [-0.3, -0.25) is 0 Å². The molecule has 0 saturated heterocycles. The van der Waals surface area contributed by atoms with Crippen LogP contribution in [-0.4, -0.2) is 10.1 Å². The topological polar surface area (TPSA) is 59.1 Å². The summed E-state index contributed by atoms with van der Waals surface area (Å²) in [6.07, 6.45) is 0. The highest BCUT2D eigenvalue weighted by Crippen LogP contribution is 2.30. The van der Waals surface area contributed by atoms with E-state index in [1.807, 2.05) is 36.4 Å². The first kappa shape index (κ1) is 10.6. The molecule has 3 heteroatoms. The number of aromatic nitrogens is 1. The monoisotopic (exact) mass is 236 g/mol. The number of nitrogens with zero attached hydrogens (tertiary/aromatic N) is 1. The van der Waals surface area contributed by atoms with Gasteiger partial charge < -0.3 is 10.8 Å². The smallest absolute Gasteiger partial charge is 0.127 e. The predicted octanol–water partition coefficient (Wildman–Crippen LogP) is 3.19. The normalized spacial score (nSPS) is 10.7. The van der Waals surface area contributed by atoms with E-state index >= 15 is 0 Å². The van der Waals surface area contributed by atoms with Gasteiger partial charge in [0.15, 0.2) is 0 Å². The molecule has 2 aromatic carbocycles. The average molecular weight is 236 g/mol. The number of pyridine rings is 1. The molecule has 3 nitrogen and oxygen atoms in total. The minimum absolute atomic E-state index is 0.200. The van der Waals surface area contributed by atoms with Crippen molar-refractivity contribution in [2.45, 2.75) is 0 Å². The van der Waals surface area contributed by atoms with Gasteiger partial charge in [-0.1, -0.05) is 30.3 Å². The number of fused-ring (bicyclic) bond motifs is 1. The van der Waals surface area contributed by atoms with E-state index in [9.17, 15) is 5.11 Å². The van der Waals surface area contributed by atoms with Crippen molar-refractivity contribution in [1.82, 2.24) is 4.98 Å². The maximum Gasteiger partial charge on any atom is 0.127 e. The van der Waals surface area contributed by atoms with E-state index < -0.39 is 0 Å². The summed E-state index contributed by atoms with van der Waals surface area (Å²) in [5.41, 5.74) is 8.79. The van der Waals surface area contributed by atoms with E-state index in [0.29, 0.717) is 11.1 Å². The van der Waals surface area contributed by atoms with Gasteiger partial charge in [-0.15, -0.1) is 0 Å². The summed E-state index contributed by atoms with van der Waals surface area (Å²) in [5, 5.41) is 10.7. The lowest BCUT2D eigenvalue weighted by Gasteiger charge is -2.06. The molecule has 0 aliphatic heterocycles. The Morgan fingerprint density at radius 2 is 1.72 bits per heavy atom. The molecule has 0 bridgehead atoms. The molecule has 0 saturated carbocycles. The average Bonchev–Trinajstić information content (AvgIpc) is 2.40. The molecule has 0 radical (unpaired) electrons. The minimum atomic E-state index is 0.200. The summed E-state index contributed by atoms with van der Waals surface area (Å²) >= 11 is 0. The van der Waals surface area contributed by atoms with Gasteiger partial charge in [0.25, 0.3) is 0 Å². The van der Waals surface area contributed by atoms with Crippen LogP contribution in [0, 0.1) is 0 Å². The van der Waals surface area contributed by atoms with E-state index in [0.717, 1.165) is 16.8 Å². The Morgan fingerprint density at radius 1 is 0.944 bits per heavy atom. The van der Waals surface area contributed by atoms with Crippen LogP contribution in [0.4, 0.5) is 5.69 Å². The van der Waals surface area contributed by atoms with E-state index in [1.54, 1.807) is 18.2 Å². The lowest BCUT2D eigenvalue weighted by molar-refractivity contribution is 0.481. The Kier molecular flexibility index (Phi) is 2.38. The van der Waals surface area contributed by atoms with Gasteiger partial charge in [-0.05, 0) is 18.2 Å². The number of aromatic hydroxyl groups is 1. The van der Waals surface area contributed by atoms with Crippen LogP contribution >= 0.6 is 0 Å². The van der Waals surface area contributed by atoms with Crippen molar-refractivity contribution in [3.63, 3.8) is 0 Å². The summed E-state index contributed by atoms with van der Waals surface area (Å²) in [4.78, 5) is 4.53. The van der Waals surface area contributed by atoms with Crippen LogP contribution in [0.2, 0.25) is 0 Å². The molecule has 0 aliphatic carbocycles. The van der Waals surface area contributed by atoms with Gasteiger partial charge in [-0.2, -0.15) is 0 Å². The Balaban J connectivity index is 2.25.